The highest BCUT2D eigenvalue weighted by Crippen LogP contribution is 2.41. The van der Waals surface area contributed by atoms with E-state index >= 15 is 0 Å². The van der Waals surface area contributed by atoms with Gasteiger partial charge in [-0.1, -0.05) is 115 Å². The van der Waals surface area contributed by atoms with E-state index < -0.39 is 0 Å². The fraction of sp³-hybridized carbons (Fsp3) is 0. The Bertz CT molecular complexity index is 4120. The average molecular weight is 870 g/mol. The summed E-state index contributed by atoms with van der Waals surface area (Å²) in [6.45, 7) is 0. The lowest BCUT2D eigenvalue weighted by molar-refractivity contribution is 0.669. The minimum atomic E-state index is 0.843. The normalized spacial score (nSPS) is 11.8. The maximum atomic E-state index is 6.57. The van der Waals surface area contributed by atoms with E-state index in [1.54, 1.807) is 0 Å². The second-order valence-electron chi connectivity index (χ2n) is 17.4. The standard InChI is InChI=1S/C62H39N5O/c1-4-16-46(17-5-1)65-55-25-13-10-22-49(55)50-37-40(28-31-56(50)65)41-29-32-59-51(38-41)52-39-42(30-33-60(52)68-59)43-34-44(61-63-53-23-11-14-26-57(53)66(61)47-18-6-2-7-19-47)36-45(35-43)62-64-54-24-12-15-27-58(54)67(62)48-20-8-3-9-21-48/h1-39H. The summed E-state index contributed by atoms with van der Waals surface area (Å²) < 4.78 is 13.5. The van der Waals surface area contributed by atoms with Crippen LogP contribution in [-0.4, -0.2) is 23.7 Å². The van der Waals surface area contributed by atoms with Crippen molar-refractivity contribution in [2.75, 3.05) is 0 Å². The molecule has 4 heterocycles. The Kier molecular flexibility index (Phi) is 8.48. The lowest BCUT2D eigenvalue weighted by Gasteiger charge is -2.14. The third-order valence-electron chi connectivity index (χ3n) is 13.4. The zero-order chi connectivity index (χ0) is 44.7. The quantitative estimate of drug-likeness (QED) is 0.160. The van der Waals surface area contributed by atoms with Gasteiger partial charge in [0.05, 0.1) is 33.1 Å². The van der Waals surface area contributed by atoms with Gasteiger partial charge >= 0.3 is 0 Å². The van der Waals surface area contributed by atoms with Gasteiger partial charge in [-0.3, -0.25) is 9.13 Å². The second-order valence-corrected chi connectivity index (χ2v) is 17.4. The van der Waals surface area contributed by atoms with Gasteiger partial charge in [-0.25, -0.2) is 9.97 Å². The highest BCUT2D eigenvalue weighted by molar-refractivity contribution is 6.12. The second kappa shape index (κ2) is 15.2. The molecule has 0 atom stereocenters. The third kappa shape index (κ3) is 6.05. The number of furan rings is 1. The van der Waals surface area contributed by atoms with E-state index in [1.807, 2.05) is 0 Å². The van der Waals surface area contributed by atoms with Gasteiger partial charge in [-0.05, 0) is 144 Å². The molecule has 0 radical (unpaired) electrons. The van der Waals surface area contributed by atoms with Gasteiger partial charge in [0.15, 0.2) is 0 Å². The molecule has 14 rings (SSSR count). The van der Waals surface area contributed by atoms with Crippen LogP contribution in [0.4, 0.5) is 0 Å². The van der Waals surface area contributed by atoms with E-state index in [9.17, 15) is 0 Å². The summed E-state index contributed by atoms with van der Waals surface area (Å²) in [4.78, 5) is 10.7. The topological polar surface area (TPSA) is 53.7 Å². The van der Waals surface area contributed by atoms with E-state index in [4.69, 9.17) is 14.4 Å². The zero-order valence-electron chi connectivity index (χ0n) is 36.7. The fourth-order valence-electron chi connectivity index (χ4n) is 10.3. The number of hydrogen-bond acceptors (Lipinski definition) is 3. The van der Waals surface area contributed by atoms with Crippen LogP contribution >= 0.6 is 0 Å². The van der Waals surface area contributed by atoms with E-state index in [0.29, 0.717) is 0 Å². The van der Waals surface area contributed by atoms with Gasteiger partial charge < -0.3 is 8.98 Å². The third-order valence-corrected chi connectivity index (χ3v) is 13.4. The molecule has 0 amide bonds. The van der Waals surface area contributed by atoms with Gasteiger partial charge in [0.2, 0.25) is 0 Å². The minimum Gasteiger partial charge on any atom is -0.456 e. The largest absolute Gasteiger partial charge is 0.456 e. The molecule has 0 unspecified atom stereocenters. The van der Waals surface area contributed by atoms with E-state index in [0.717, 1.165) is 106 Å². The maximum absolute atomic E-state index is 6.57. The molecule has 0 aliphatic rings. The molecular formula is C62H39N5O. The molecule has 68 heavy (non-hydrogen) atoms. The molecule has 6 heteroatoms. The molecular weight excluding hydrogens is 831 g/mol. The van der Waals surface area contributed by atoms with Crippen molar-refractivity contribution >= 4 is 65.8 Å². The Labute approximate surface area is 390 Å². The van der Waals surface area contributed by atoms with Crippen LogP contribution in [0.15, 0.2) is 241 Å². The minimum absolute atomic E-state index is 0.843. The van der Waals surface area contributed by atoms with Gasteiger partial charge in [-0.15, -0.1) is 0 Å². The molecule has 0 saturated carbocycles. The number of rotatable bonds is 7. The van der Waals surface area contributed by atoms with Crippen LogP contribution in [0, 0.1) is 0 Å². The predicted molar refractivity (Wildman–Crippen MR) is 279 cm³/mol. The van der Waals surface area contributed by atoms with Crippen LogP contribution in [0.2, 0.25) is 0 Å². The first-order valence-corrected chi connectivity index (χ1v) is 23.0. The number of fused-ring (bicyclic) bond motifs is 8. The Morgan fingerprint density at radius 1 is 0.265 bits per heavy atom. The molecule has 14 aromatic rings. The van der Waals surface area contributed by atoms with Gasteiger partial charge in [0, 0.05) is 49.7 Å². The molecule has 0 bridgehead atoms. The highest BCUT2D eigenvalue weighted by Gasteiger charge is 2.21. The van der Waals surface area contributed by atoms with Gasteiger partial charge in [-0.2, -0.15) is 0 Å². The van der Waals surface area contributed by atoms with Crippen LogP contribution in [0.1, 0.15) is 0 Å². The predicted octanol–water partition coefficient (Wildman–Crippen LogP) is 16.0. The first-order valence-electron chi connectivity index (χ1n) is 23.0. The van der Waals surface area contributed by atoms with E-state index in [1.165, 1.54) is 21.8 Å². The van der Waals surface area contributed by atoms with Gasteiger partial charge in [0.1, 0.15) is 22.8 Å². The Balaban J connectivity index is 0.963. The number of para-hydroxylation sites is 8. The van der Waals surface area contributed by atoms with Gasteiger partial charge in [0.25, 0.3) is 0 Å². The summed E-state index contributed by atoms with van der Waals surface area (Å²) in [6.07, 6.45) is 0. The summed E-state index contributed by atoms with van der Waals surface area (Å²) in [7, 11) is 0. The van der Waals surface area contributed by atoms with Crippen molar-refractivity contribution in [2.24, 2.45) is 0 Å². The number of hydrogen-bond donors (Lipinski definition) is 0. The highest BCUT2D eigenvalue weighted by atomic mass is 16.3. The van der Waals surface area contributed by atoms with Crippen LogP contribution in [-0.2, 0) is 0 Å². The molecule has 0 aliphatic carbocycles. The number of aromatic nitrogens is 5. The fourth-order valence-corrected chi connectivity index (χ4v) is 10.3. The first-order chi connectivity index (χ1) is 33.7. The van der Waals surface area contributed by atoms with Crippen molar-refractivity contribution in [2.45, 2.75) is 0 Å². The van der Waals surface area contributed by atoms with Crippen molar-refractivity contribution in [1.82, 2.24) is 23.7 Å². The number of benzene rings is 10. The molecule has 10 aromatic carbocycles. The monoisotopic (exact) mass is 869 g/mol. The maximum Gasteiger partial charge on any atom is 0.145 e. The lowest BCUT2D eigenvalue weighted by Crippen LogP contribution is -2.00. The van der Waals surface area contributed by atoms with Crippen LogP contribution < -0.4 is 0 Å². The van der Waals surface area contributed by atoms with Crippen molar-refractivity contribution in [3.63, 3.8) is 0 Å². The smallest absolute Gasteiger partial charge is 0.145 e. The summed E-state index contributed by atoms with van der Waals surface area (Å²) >= 11 is 0. The van der Waals surface area contributed by atoms with Crippen molar-refractivity contribution in [3.05, 3.63) is 237 Å². The Morgan fingerprint density at radius 3 is 1.21 bits per heavy atom. The van der Waals surface area contributed by atoms with Crippen molar-refractivity contribution < 1.29 is 4.42 Å². The molecule has 0 N–H and O–H groups in total. The summed E-state index contributed by atoms with van der Waals surface area (Å²) in [5.41, 5.74) is 17.6. The summed E-state index contributed by atoms with van der Waals surface area (Å²) in [5.74, 6) is 1.71. The van der Waals surface area contributed by atoms with E-state index in [2.05, 4.69) is 250 Å². The molecule has 6 nitrogen and oxygen atoms in total. The zero-order valence-corrected chi connectivity index (χ0v) is 36.7. The molecule has 0 saturated heterocycles. The van der Waals surface area contributed by atoms with Crippen molar-refractivity contribution in [1.29, 1.82) is 0 Å². The van der Waals surface area contributed by atoms with Crippen molar-refractivity contribution in [3.8, 4) is 62.1 Å². The van der Waals surface area contributed by atoms with Crippen LogP contribution in [0.25, 0.3) is 128 Å². The van der Waals surface area contributed by atoms with Crippen LogP contribution in [0.5, 0.6) is 0 Å². The Hall–Kier alpha value is -9.26. The molecule has 0 aliphatic heterocycles. The molecule has 318 valence electrons. The molecule has 0 fully saturated rings. The summed E-state index contributed by atoms with van der Waals surface area (Å²) in [6, 6.07) is 83.8. The number of nitrogens with zero attached hydrogens (tertiary/aromatic N) is 5. The molecule has 0 spiro atoms. The Morgan fingerprint density at radius 2 is 0.662 bits per heavy atom. The van der Waals surface area contributed by atoms with Crippen LogP contribution in [0.3, 0.4) is 0 Å². The SMILES string of the molecule is c1ccc(-n2c(-c3cc(-c4ccc5oc6ccc(-c7ccc8c(c7)c7ccccc7n8-c7ccccc7)cc6c5c4)cc(-c4nc5ccccc5n4-c4ccccc4)c3)nc3ccccc32)cc1. The summed E-state index contributed by atoms with van der Waals surface area (Å²) in [5, 5.41) is 4.58. The van der Waals surface area contributed by atoms with E-state index in [-0.39, 0.29) is 0 Å². The average Bonchev–Trinajstić information content (AvgIpc) is 4.18. The number of imidazole rings is 2. The lowest BCUT2D eigenvalue weighted by atomic mass is 9.96. The first kappa shape index (κ1) is 38.1. The molecule has 4 aromatic heterocycles.